The average molecular weight is 671 g/mol. The Morgan fingerprint density at radius 3 is 2.31 bits per heavy atom. The topological polar surface area (TPSA) is 111 Å². The summed E-state index contributed by atoms with van der Waals surface area (Å²) in [5.41, 5.74) is 3.11. The second kappa shape index (κ2) is 13.3. The minimum absolute atomic E-state index is 0.245. The molecule has 49 heavy (non-hydrogen) atoms. The molecule has 0 spiro atoms. The number of hydrogen-bond donors (Lipinski definition) is 2. The van der Waals surface area contributed by atoms with Gasteiger partial charge in [0.05, 0.1) is 17.1 Å². The summed E-state index contributed by atoms with van der Waals surface area (Å²) in [5, 5.41) is 13.5. The molecule has 0 atom stereocenters. The Labute approximate surface area is 286 Å². The third-order valence-corrected chi connectivity index (χ3v) is 12.1. The molecule has 3 heterocycles. The number of carbonyl (C=O) groups is 1. The van der Waals surface area contributed by atoms with Crippen molar-refractivity contribution in [3.8, 4) is 17.3 Å². The molecule has 1 aliphatic rings. The summed E-state index contributed by atoms with van der Waals surface area (Å²) in [7, 11) is -2.31. The molecule has 0 saturated carbocycles. The molecule has 4 aromatic carbocycles. The fourth-order valence-electron chi connectivity index (χ4n) is 6.16. The van der Waals surface area contributed by atoms with E-state index in [0.29, 0.717) is 35.4 Å². The van der Waals surface area contributed by atoms with Gasteiger partial charge in [-0.25, -0.2) is 14.5 Å². The summed E-state index contributed by atoms with van der Waals surface area (Å²) in [5.74, 6) is 2.25. The number of ether oxygens (including phenoxy) is 1. The van der Waals surface area contributed by atoms with Gasteiger partial charge in [0.1, 0.15) is 24.5 Å². The molecule has 248 valence electrons. The first-order valence-corrected chi connectivity index (χ1v) is 18.7. The summed E-state index contributed by atoms with van der Waals surface area (Å²) < 4.78 is 21.4. The predicted molar refractivity (Wildman–Crippen MR) is 196 cm³/mol. The number of rotatable bonds is 8. The van der Waals surface area contributed by atoms with Gasteiger partial charge < -0.3 is 14.6 Å². The number of urea groups is 1. The second-order valence-corrected chi connectivity index (χ2v) is 16.6. The van der Waals surface area contributed by atoms with Crippen molar-refractivity contribution in [1.29, 1.82) is 0 Å². The summed E-state index contributed by atoms with van der Waals surface area (Å²) in [6.45, 7) is 6.25. The molecule has 0 radical (unpaired) electrons. The van der Waals surface area contributed by atoms with E-state index in [1.54, 1.807) is 16.9 Å². The quantitative estimate of drug-likeness (QED) is 0.157. The lowest BCUT2D eigenvalue weighted by atomic mass is 9.92. The minimum Gasteiger partial charge on any atom is -0.438 e. The summed E-state index contributed by atoms with van der Waals surface area (Å²) in [6.07, 6.45) is 5.87. The highest BCUT2D eigenvalue weighted by molar-refractivity contribution is 7.71. The van der Waals surface area contributed by atoms with Gasteiger partial charge in [0.25, 0.3) is 0 Å². The van der Waals surface area contributed by atoms with Crippen LogP contribution in [-0.2, 0) is 16.4 Å². The Kier molecular flexibility index (Phi) is 8.78. The maximum Gasteiger partial charge on any atom is 0.324 e. The van der Waals surface area contributed by atoms with Crippen LogP contribution in [0.3, 0.4) is 0 Å². The maximum atomic E-state index is 13.6. The first-order chi connectivity index (χ1) is 23.6. The molecule has 1 fully saturated rings. The lowest BCUT2D eigenvalue weighted by Crippen LogP contribution is -2.21. The lowest BCUT2D eigenvalue weighted by Gasteiger charge is -2.15. The number of carbonyl (C=O) groups excluding carboxylic acids is 1. The molecule has 2 amide bonds. The fourth-order valence-corrected chi connectivity index (χ4v) is 9.06. The van der Waals surface area contributed by atoms with Gasteiger partial charge in [0, 0.05) is 58.6 Å². The van der Waals surface area contributed by atoms with E-state index in [-0.39, 0.29) is 5.41 Å². The molecule has 2 aromatic heterocycles. The highest BCUT2D eigenvalue weighted by Gasteiger charge is 2.29. The number of aromatic nitrogens is 4. The summed E-state index contributed by atoms with van der Waals surface area (Å²) in [4.78, 5) is 22.6. The van der Waals surface area contributed by atoms with Crippen molar-refractivity contribution in [1.82, 2.24) is 19.7 Å². The monoisotopic (exact) mass is 670 g/mol. The Morgan fingerprint density at radius 2 is 1.57 bits per heavy atom. The van der Waals surface area contributed by atoms with E-state index in [0.717, 1.165) is 58.2 Å². The molecule has 0 unspecified atom stereocenters. The van der Waals surface area contributed by atoms with Crippen LogP contribution in [0.15, 0.2) is 109 Å². The van der Waals surface area contributed by atoms with Crippen LogP contribution in [0.2, 0.25) is 0 Å². The van der Waals surface area contributed by atoms with Crippen molar-refractivity contribution in [2.75, 3.05) is 23.0 Å². The smallest absolute Gasteiger partial charge is 0.324 e. The number of benzene rings is 4. The SMILES string of the molecule is CC(C)(C)c1cc(NC(=O)Nc2ccc(Oc3ccnc(Cc4ccccc4)n3)c3ccccc23)n(-c2ccc(P3(=O)CCCC3)cc2)n1. The van der Waals surface area contributed by atoms with Crippen LogP contribution in [0, 0.1) is 0 Å². The van der Waals surface area contributed by atoms with Gasteiger partial charge in [-0.1, -0.05) is 75.4 Å². The molecule has 1 saturated heterocycles. The van der Waals surface area contributed by atoms with Gasteiger partial charge in [0.2, 0.25) is 5.88 Å². The number of nitrogens with one attached hydrogen (secondary N) is 2. The number of nitrogens with zero attached hydrogens (tertiary/aromatic N) is 4. The molecule has 6 aromatic rings. The Balaban J connectivity index is 1.12. The Hall–Kier alpha value is -5.27. The molecule has 1 aliphatic heterocycles. The molecule has 0 aliphatic carbocycles. The molecule has 10 heteroatoms. The highest BCUT2D eigenvalue weighted by atomic mass is 31.2. The number of anilines is 2. The second-order valence-electron chi connectivity index (χ2n) is 13.4. The average Bonchev–Trinajstić information content (AvgIpc) is 3.74. The van der Waals surface area contributed by atoms with Crippen LogP contribution < -0.4 is 20.7 Å². The zero-order valence-electron chi connectivity index (χ0n) is 27.9. The van der Waals surface area contributed by atoms with Crippen LogP contribution in [0.4, 0.5) is 16.3 Å². The van der Waals surface area contributed by atoms with Crippen molar-refractivity contribution in [2.45, 2.75) is 45.4 Å². The third-order valence-electron chi connectivity index (χ3n) is 8.80. The van der Waals surface area contributed by atoms with Gasteiger partial charge in [0.15, 0.2) is 0 Å². The third kappa shape index (κ3) is 7.13. The van der Waals surface area contributed by atoms with Crippen molar-refractivity contribution < 1.29 is 14.1 Å². The lowest BCUT2D eigenvalue weighted by molar-refractivity contribution is 0.262. The zero-order valence-corrected chi connectivity index (χ0v) is 28.8. The Morgan fingerprint density at radius 1 is 0.857 bits per heavy atom. The predicted octanol–water partition coefficient (Wildman–Crippen LogP) is 8.92. The summed E-state index contributed by atoms with van der Waals surface area (Å²) >= 11 is 0. The molecular weight excluding hydrogens is 631 g/mol. The van der Waals surface area contributed by atoms with Crippen LogP contribution in [0.5, 0.6) is 11.6 Å². The van der Waals surface area contributed by atoms with Crippen molar-refractivity contribution >= 4 is 40.8 Å². The normalized spacial score (nSPS) is 14.1. The molecule has 7 rings (SSSR count). The van der Waals surface area contributed by atoms with Crippen molar-refractivity contribution in [3.05, 3.63) is 126 Å². The van der Waals surface area contributed by atoms with Gasteiger partial charge >= 0.3 is 6.03 Å². The van der Waals surface area contributed by atoms with Crippen LogP contribution in [-0.4, -0.2) is 38.1 Å². The summed E-state index contributed by atoms with van der Waals surface area (Å²) in [6, 6.07) is 32.5. The minimum atomic E-state index is -2.31. The first-order valence-electron chi connectivity index (χ1n) is 16.6. The molecule has 0 bridgehead atoms. The van der Waals surface area contributed by atoms with E-state index in [4.69, 9.17) is 9.84 Å². The Bertz CT molecular complexity index is 2160. The van der Waals surface area contributed by atoms with Crippen molar-refractivity contribution in [2.24, 2.45) is 0 Å². The van der Waals surface area contributed by atoms with Gasteiger partial charge in [-0.3, -0.25) is 5.32 Å². The van der Waals surface area contributed by atoms with E-state index in [9.17, 15) is 9.36 Å². The van der Waals surface area contributed by atoms with Crippen molar-refractivity contribution in [3.63, 3.8) is 0 Å². The van der Waals surface area contributed by atoms with E-state index in [2.05, 4.69) is 41.4 Å². The van der Waals surface area contributed by atoms with Gasteiger partial charge in [-0.05, 0) is 54.8 Å². The van der Waals surface area contributed by atoms with E-state index < -0.39 is 13.2 Å². The highest BCUT2D eigenvalue weighted by Crippen LogP contribution is 2.50. The standard InChI is InChI=1S/C39H39N6O3P/c1-39(2,3)34-26-36(45(44-34)28-15-17-29(18-16-28)49(47)23-9-10-24-49)43-38(46)41-32-19-20-33(31-14-8-7-13-30(31)32)48-37-21-22-40-35(42-37)25-27-11-5-4-6-12-27/h4-8,11-22,26H,9-10,23-25H2,1-3H3,(H2,41,43,46). The number of hydrogen-bond acceptors (Lipinski definition) is 6. The molecule has 9 nitrogen and oxygen atoms in total. The zero-order chi connectivity index (χ0) is 34.0. The van der Waals surface area contributed by atoms with E-state index in [1.165, 1.54) is 0 Å². The number of amides is 2. The number of fused-ring (bicyclic) bond motifs is 1. The van der Waals surface area contributed by atoms with E-state index in [1.807, 2.05) is 97.1 Å². The maximum absolute atomic E-state index is 13.6. The molecular formula is C39H39N6O3P. The largest absolute Gasteiger partial charge is 0.438 e. The fraction of sp³-hybridized carbons (Fsp3) is 0.231. The van der Waals surface area contributed by atoms with E-state index >= 15 is 0 Å². The van der Waals surface area contributed by atoms with Crippen LogP contribution in [0.25, 0.3) is 16.5 Å². The molecule has 2 N–H and O–H groups in total. The first kappa shape index (κ1) is 32.3. The van der Waals surface area contributed by atoms with Gasteiger partial charge in [-0.2, -0.15) is 10.1 Å². The van der Waals surface area contributed by atoms with Gasteiger partial charge in [-0.15, -0.1) is 0 Å². The van der Waals surface area contributed by atoms with Crippen LogP contribution >= 0.6 is 7.14 Å². The van der Waals surface area contributed by atoms with Crippen LogP contribution in [0.1, 0.15) is 50.7 Å².